The first-order valence-electron chi connectivity index (χ1n) is 9.07. The second kappa shape index (κ2) is 8.30. The second-order valence-electron chi connectivity index (χ2n) is 6.73. The molecule has 0 fully saturated rings. The van der Waals surface area contributed by atoms with Gasteiger partial charge in [0.15, 0.2) is 6.61 Å². The van der Waals surface area contributed by atoms with E-state index in [4.69, 9.17) is 15.2 Å². The molecule has 2 aromatic heterocycles. The van der Waals surface area contributed by atoms with Crippen LogP contribution in [0.4, 0.5) is 5.82 Å². The van der Waals surface area contributed by atoms with Gasteiger partial charge in [-0.1, -0.05) is 18.2 Å². The highest BCUT2D eigenvalue weighted by molar-refractivity contribution is 6.04. The van der Waals surface area contributed by atoms with E-state index in [2.05, 4.69) is 0 Å². The summed E-state index contributed by atoms with van der Waals surface area (Å²) in [5, 5.41) is 0.597. The van der Waals surface area contributed by atoms with E-state index in [0.717, 1.165) is 9.13 Å². The second-order valence-corrected chi connectivity index (χ2v) is 6.73. The number of aromatic nitrogens is 3. The lowest BCUT2D eigenvalue weighted by Crippen LogP contribution is -2.42. The number of anilines is 1. The third-order valence-corrected chi connectivity index (χ3v) is 4.85. The number of methoxy groups -OCH3 is 1. The topological polar surface area (TPSA) is 145 Å². The Hall–Kier alpha value is -4.15. The number of nitrogens with zero attached hydrogens (tertiary/aromatic N) is 3. The Labute approximate surface area is 175 Å². The molecule has 0 saturated carbocycles. The normalized spacial score (nSPS) is 10.8. The fraction of sp³-hybridized carbons (Fsp3) is 0.250. The highest BCUT2D eigenvalue weighted by atomic mass is 16.5. The monoisotopic (exact) mass is 428 g/mol. The third-order valence-electron chi connectivity index (χ3n) is 4.85. The molecule has 0 bridgehead atoms. The van der Waals surface area contributed by atoms with Gasteiger partial charge in [0.25, 0.3) is 5.56 Å². The maximum absolute atomic E-state index is 12.4. The minimum atomic E-state index is -0.874. The van der Waals surface area contributed by atoms with E-state index in [-0.39, 0.29) is 17.9 Å². The first-order valence-corrected chi connectivity index (χ1v) is 9.07. The van der Waals surface area contributed by atoms with Gasteiger partial charge in [-0.15, -0.1) is 0 Å². The molecule has 0 atom stereocenters. The van der Waals surface area contributed by atoms with Crippen molar-refractivity contribution >= 4 is 34.4 Å². The lowest BCUT2D eigenvalue weighted by atomic mass is 10.2. The zero-order valence-corrected chi connectivity index (χ0v) is 17.1. The van der Waals surface area contributed by atoms with Crippen molar-refractivity contribution in [3.63, 3.8) is 0 Å². The van der Waals surface area contributed by atoms with E-state index < -0.39 is 41.1 Å². The highest BCUT2D eigenvalue weighted by Gasteiger charge is 2.22. The van der Waals surface area contributed by atoms with E-state index in [1.807, 2.05) is 0 Å². The van der Waals surface area contributed by atoms with E-state index in [9.17, 15) is 24.0 Å². The lowest BCUT2D eigenvalue weighted by Gasteiger charge is -2.11. The molecule has 2 heterocycles. The van der Waals surface area contributed by atoms with Crippen LogP contribution in [0.3, 0.4) is 0 Å². The molecule has 0 radical (unpaired) electrons. The summed E-state index contributed by atoms with van der Waals surface area (Å²) in [6, 6.07) is 6.92. The summed E-state index contributed by atoms with van der Waals surface area (Å²) in [5.41, 5.74) is 4.62. The molecule has 1 aromatic carbocycles. The van der Waals surface area contributed by atoms with Crippen LogP contribution in [0.1, 0.15) is 20.7 Å². The Bertz CT molecular complexity index is 1330. The minimum Gasteiger partial charge on any atom is -0.465 e. The lowest BCUT2D eigenvalue weighted by molar-refractivity contribution is -0.143. The van der Waals surface area contributed by atoms with Crippen molar-refractivity contribution in [3.05, 3.63) is 62.4 Å². The molecule has 11 nitrogen and oxygen atoms in total. The number of hydrogen-bond acceptors (Lipinski definition) is 8. The molecule has 0 saturated heterocycles. The number of nitrogen functional groups attached to an aromatic ring is 1. The van der Waals surface area contributed by atoms with Crippen LogP contribution in [0.5, 0.6) is 0 Å². The van der Waals surface area contributed by atoms with Crippen molar-refractivity contribution < 1.29 is 23.9 Å². The van der Waals surface area contributed by atoms with Crippen molar-refractivity contribution in [2.75, 3.05) is 19.5 Å². The van der Waals surface area contributed by atoms with Crippen LogP contribution >= 0.6 is 0 Å². The molecule has 2 N–H and O–H groups in total. The molecule has 3 aromatic rings. The van der Waals surface area contributed by atoms with Gasteiger partial charge in [-0.05, 0) is 6.07 Å². The van der Waals surface area contributed by atoms with Crippen LogP contribution in [0.2, 0.25) is 0 Å². The Balaban J connectivity index is 1.79. The number of rotatable bonds is 6. The molecule has 31 heavy (non-hydrogen) atoms. The Kier molecular flexibility index (Phi) is 5.77. The van der Waals surface area contributed by atoms with Crippen LogP contribution in [0.25, 0.3) is 10.9 Å². The third kappa shape index (κ3) is 3.84. The number of hydrogen-bond donors (Lipinski definition) is 1. The molecule has 0 unspecified atom stereocenters. The maximum atomic E-state index is 12.4. The van der Waals surface area contributed by atoms with Gasteiger partial charge in [-0.3, -0.25) is 23.5 Å². The van der Waals surface area contributed by atoms with Gasteiger partial charge in [-0.2, -0.15) is 0 Å². The van der Waals surface area contributed by atoms with Gasteiger partial charge in [0, 0.05) is 31.2 Å². The standard InChI is InChI=1S/C20H20N4O7/c1-22-17(21)16(18(27)23(2)20(22)29)14(25)10-31-15(26)9-24-8-12(19(28)30-3)11-6-4-5-7-13(11)24/h4-8H,9-10,21H2,1-3H3. The highest BCUT2D eigenvalue weighted by Crippen LogP contribution is 2.22. The SMILES string of the molecule is COC(=O)c1cn(CC(=O)OCC(=O)c2c(N)n(C)c(=O)n(C)c2=O)c2ccccc12. The predicted octanol–water partition coefficient (Wildman–Crippen LogP) is -0.166. The average molecular weight is 428 g/mol. The van der Waals surface area contributed by atoms with Gasteiger partial charge >= 0.3 is 17.6 Å². The number of carbonyl (C=O) groups excluding carboxylic acids is 3. The Morgan fingerprint density at radius 1 is 1.06 bits per heavy atom. The zero-order chi connectivity index (χ0) is 22.9. The number of benzene rings is 1. The summed E-state index contributed by atoms with van der Waals surface area (Å²) in [6.07, 6.45) is 1.46. The van der Waals surface area contributed by atoms with Crippen molar-refractivity contribution in [1.29, 1.82) is 0 Å². The molecule has 0 aliphatic carbocycles. The molecular weight excluding hydrogens is 408 g/mol. The molecule has 0 aliphatic heterocycles. The van der Waals surface area contributed by atoms with Crippen LogP contribution in [0.15, 0.2) is 40.1 Å². The number of ether oxygens (including phenoxy) is 2. The quantitative estimate of drug-likeness (QED) is 0.421. The summed E-state index contributed by atoms with van der Waals surface area (Å²) in [7, 11) is 3.78. The molecule has 11 heteroatoms. The molecule has 0 amide bonds. The number of carbonyl (C=O) groups is 3. The number of para-hydroxylation sites is 1. The van der Waals surface area contributed by atoms with Crippen molar-refractivity contribution in [2.45, 2.75) is 6.54 Å². The van der Waals surface area contributed by atoms with Gasteiger partial charge in [0.05, 0.1) is 12.7 Å². The van der Waals surface area contributed by atoms with Crippen LogP contribution in [-0.4, -0.2) is 45.1 Å². The number of fused-ring (bicyclic) bond motifs is 1. The smallest absolute Gasteiger partial charge is 0.340 e. The maximum Gasteiger partial charge on any atom is 0.340 e. The summed E-state index contributed by atoms with van der Waals surface area (Å²) in [4.78, 5) is 60.8. The number of Topliss-reactive ketones (excluding diaryl/α,β-unsaturated/α-hetero) is 1. The van der Waals surface area contributed by atoms with Gasteiger partial charge in [-0.25, -0.2) is 9.59 Å². The van der Waals surface area contributed by atoms with E-state index >= 15 is 0 Å². The number of ketones is 1. The summed E-state index contributed by atoms with van der Waals surface area (Å²) >= 11 is 0. The van der Waals surface area contributed by atoms with Crippen molar-refractivity contribution in [3.8, 4) is 0 Å². The minimum absolute atomic E-state index is 0.281. The van der Waals surface area contributed by atoms with Crippen LogP contribution in [-0.2, 0) is 34.9 Å². The Morgan fingerprint density at radius 3 is 2.42 bits per heavy atom. The fourth-order valence-corrected chi connectivity index (χ4v) is 3.18. The summed E-state index contributed by atoms with van der Waals surface area (Å²) < 4.78 is 13.0. The predicted molar refractivity (Wildman–Crippen MR) is 110 cm³/mol. The van der Waals surface area contributed by atoms with E-state index in [1.165, 1.54) is 32.0 Å². The summed E-state index contributed by atoms with van der Waals surface area (Å²) in [6.45, 7) is -1.02. The first kappa shape index (κ1) is 21.6. The Morgan fingerprint density at radius 2 is 1.74 bits per heavy atom. The van der Waals surface area contributed by atoms with Crippen LogP contribution < -0.4 is 17.0 Å². The van der Waals surface area contributed by atoms with Gasteiger partial charge in [0.1, 0.15) is 17.9 Å². The molecule has 0 spiro atoms. The molecular formula is C20H20N4O7. The number of nitrogens with two attached hydrogens (primary N) is 1. The number of esters is 2. The van der Waals surface area contributed by atoms with E-state index in [0.29, 0.717) is 10.9 Å². The fourth-order valence-electron chi connectivity index (χ4n) is 3.18. The van der Waals surface area contributed by atoms with Crippen molar-refractivity contribution in [2.24, 2.45) is 14.1 Å². The summed E-state index contributed by atoms with van der Waals surface area (Å²) in [5.74, 6) is -2.48. The van der Waals surface area contributed by atoms with E-state index in [1.54, 1.807) is 24.3 Å². The van der Waals surface area contributed by atoms with Crippen LogP contribution in [0, 0.1) is 0 Å². The van der Waals surface area contributed by atoms with Gasteiger partial charge in [0.2, 0.25) is 5.78 Å². The largest absolute Gasteiger partial charge is 0.465 e. The average Bonchev–Trinajstić information content (AvgIpc) is 3.13. The van der Waals surface area contributed by atoms with Gasteiger partial charge < -0.3 is 19.8 Å². The molecule has 0 aliphatic rings. The molecule has 162 valence electrons. The zero-order valence-electron chi connectivity index (χ0n) is 17.1. The van der Waals surface area contributed by atoms with Crippen molar-refractivity contribution in [1.82, 2.24) is 13.7 Å². The first-order chi connectivity index (χ1) is 14.7. The molecule has 3 rings (SSSR count).